The van der Waals surface area contributed by atoms with Crippen LogP contribution in [0, 0.1) is 0 Å². The summed E-state index contributed by atoms with van der Waals surface area (Å²) in [6, 6.07) is 22.3. The maximum absolute atomic E-state index is 12.4. The number of Topliss-reactive ketones (excluding diaryl/α,β-unsaturated/α-hetero) is 1. The Hall–Kier alpha value is -2.41. The third-order valence-electron chi connectivity index (χ3n) is 3.87. The van der Waals surface area contributed by atoms with Crippen LogP contribution in [0.2, 0.25) is 0 Å². The second-order valence-corrected chi connectivity index (χ2v) is 5.33. The molecule has 104 valence electrons. The minimum Gasteiger partial charge on any atom is -0.294 e. The molecule has 0 saturated heterocycles. The van der Waals surface area contributed by atoms with E-state index in [4.69, 9.17) is 0 Å². The van der Waals surface area contributed by atoms with E-state index >= 15 is 0 Å². The van der Waals surface area contributed by atoms with Gasteiger partial charge in [0.1, 0.15) is 0 Å². The zero-order chi connectivity index (χ0) is 14.7. The Morgan fingerprint density at radius 1 is 0.810 bits per heavy atom. The minimum atomic E-state index is 0.171. The van der Waals surface area contributed by atoms with Gasteiger partial charge in [0.15, 0.2) is 5.78 Å². The van der Waals surface area contributed by atoms with Gasteiger partial charge in [-0.2, -0.15) is 0 Å². The van der Waals surface area contributed by atoms with Crippen LogP contribution < -0.4 is 0 Å². The van der Waals surface area contributed by atoms with Crippen LogP contribution in [-0.2, 0) is 12.8 Å². The molecule has 3 rings (SSSR count). The summed E-state index contributed by atoms with van der Waals surface area (Å²) in [6.07, 6.45) is 1.49. The third kappa shape index (κ3) is 3.03. The van der Waals surface area contributed by atoms with Gasteiger partial charge >= 0.3 is 0 Å². The predicted octanol–water partition coefficient (Wildman–Crippen LogP) is 4.83. The normalized spacial score (nSPS) is 10.7. The fourth-order valence-corrected chi connectivity index (χ4v) is 2.54. The lowest BCUT2D eigenvalue weighted by Gasteiger charge is -2.05. The highest BCUT2D eigenvalue weighted by molar-refractivity contribution is 6.01. The molecule has 0 amide bonds. The first kappa shape index (κ1) is 13.6. The summed E-state index contributed by atoms with van der Waals surface area (Å²) in [7, 11) is 0. The molecule has 3 aromatic rings. The average molecular weight is 274 g/mol. The molecular weight excluding hydrogens is 256 g/mol. The lowest BCUT2D eigenvalue weighted by atomic mass is 9.99. The number of rotatable bonds is 4. The van der Waals surface area contributed by atoms with Gasteiger partial charge in [-0.25, -0.2) is 0 Å². The smallest absolute Gasteiger partial charge is 0.167 e. The van der Waals surface area contributed by atoms with Crippen molar-refractivity contribution in [2.24, 2.45) is 0 Å². The number of ketones is 1. The molecular formula is C20H18O. The number of carbonyl (C=O) groups is 1. The molecule has 1 heteroatoms. The summed E-state index contributed by atoms with van der Waals surface area (Å²) in [5.74, 6) is 0.171. The van der Waals surface area contributed by atoms with E-state index in [1.54, 1.807) is 0 Å². The molecule has 0 aromatic heterocycles. The molecule has 0 aliphatic heterocycles. The Morgan fingerprint density at radius 2 is 1.48 bits per heavy atom. The third-order valence-corrected chi connectivity index (χ3v) is 3.87. The first-order valence-electron chi connectivity index (χ1n) is 7.36. The van der Waals surface area contributed by atoms with E-state index in [0.717, 1.165) is 22.9 Å². The van der Waals surface area contributed by atoms with E-state index in [9.17, 15) is 4.79 Å². The van der Waals surface area contributed by atoms with Crippen molar-refractivity contribution in [3.63, 3.8) is 0 Å². The summed E-state index contributed by atoms with van der Waals surface area (Å²) in [4.78, 5) is 12.4. The van der Waals surface area contributed by atoms with Crippen molar-refractivity contribution >= 4 is 16.6 Å². The Labute approximate surface area is 125 Å². The van der Waals surface area contributed by atoms with Crippen LogP contribution in [0.3, 0.4) is 0 Å². The van der Waals surface area contributed by atoms with E-state index in [-0.39, 0.29) is 5.78 Å². The molecule has 0 spiro atoms. The van der Waals surface area contributed by atoms with Crippen molar-refractivity contribution in [1.29, 1.82) is 0 Å². The standard InChI is InChI=1S/C20H18O/c1-2-15-7-9-16(10-8-15)13-20(21)19-12-11-17-5-3-4-6-18(17)14-19/h3-12,14H,2,13H2,1H3. The highest BCUT2D eigenvalue weighted by Gasteiger charge is 2.07. The summed E-state index contributed by atoms with van der Waals surface area (Å²) in [5.41, 5.74) is 3.16. The van der Waals surface area contributed by atoms with Gasteiger partial charge in [-0.3, -0.25) is 4.79 Å². The van der Waals surface area contributed by atoms with Crippen LogP contribution in [0.5, 0.6) is 0 Å². The Morgan fingerprint density at radius 3 is 2.19 bits per heavy atom. The molecule has 21 heavy (non-hydrogen) atoms. The highest BCUT2D eigenvalue weighted by atomic mass is 16.1. The Kier molecular flexibility index (Phi) is 3.83. The van der Waals surface area contributed by atoms with Gasteiger partial charge in [0.05, 0.1) is 0 Å². The second-order valence-electron chi connectivity index (χ2n) is 5.33. The van der Waals surface area contributed by atoms with E-state index in [0.29, 0.717) is 6.42 Å². The molecule has 0 aliphatic carbocycles. The van der Waals surface area contributed by atoms with Gasteiger partial charge in [0, 0.05) is 12.0 Å². The number of hydrogen-bond donors (Lipinski definition) is 0. The maximum Gasteiger partial charge on any atom is 0.167 e. The number of fused-ring (bicyclic) bond motifs is 1. The van der Waals surface area contributed by atoms with Crippen molar-refractivity contribution in [3.8, 4) is 0 Å². The molecule has 0 aliphatic rings. The van der Waals surface area contributed by atoms with Gasteiger partial charge in [-0.15, -0.1) is 0 Å². The first-order valence-corrected chi connectivity index (χ1v) is 7.36. The molecule has 1 nitrogen and oxygen atoms in total. The second kappa shape index (κ2) is 5.92. The minimum absolute atomic E-state index is 0.171. The monoisotopic (exact) mass is 274 g/mol. The topological polar surface area (TPSA) is 17.1 Å². The van der Waals surface area contributed by atoms with Crippen molar-refractivity contribution < 1.29 is 4.79 Å². The molecule has 0 fully saturated rings. The zero-order valence-electron chi connectivity index (χ0n) is 12.2. The van der Waals surface area contributed by atoms with Crippen molar-refractivity contribution in [3.05, 3.63) is 83.4 Å². The van der Waals surface area contributed by atoms with Crippen LogP contribution in [0.25, 0.3) is 10.8 Å². The van der Waals surface area contributed by atoms with Gasteiger partial charge < -0.3 is 0 Å². The molecule has 0 atom stereocenters. The molecule has 0 unspecified atom stereocenters. The van der Waals surface area contributed by atoms with Crippen LogP contribution in [0.15, 0.2) is 66.7 Å². The number of benzene rings is 3. The van der Waals surface area contributed by atoms with Crippen LogP contribution >= 0.6 is 0 Å². The van der Waals surface area contributed by atoms with Crippen LogP contribution in [0.4, 0.5) is 0 Å². The van der Waals surface area contributed by atoms with E-state index in [1.165, 1.54) is 10.9 Å². The molecule has 0 radical (unpaired) electrons. The maximum atomic E-state index is 12.4. The fourth-order valence-electron chi connectivity index (χ4n) is 2.54. The fraction of sp³-hybridized carbons (Fsp3) is 0.150. The quantitative estimate of drug-likeness (QED) is 0.623. The molecule has 0 saturated carbocycles. The Bertz CT molecular complexity index is 769. The van der Waals surface area contributed by atoms with Crippen molar-refractivity contribution in [1.82, 2.24) is 0 Å². The van der Waals surface area contributed by atoms with E-state index in [2.05, 4.69) is 37.3 Å². The number of hydrogen-bond acceptors (Lipinski definition) is 1. The molecule has 0 heterocycles. The van der Waals surface area contributed by atoms with Gasteiger partial charge in [0.25, 0.3) is 0 Å². The molecule has 3 aromatic carbocycles. The van der Waals surface area contributed by atoms with Crippen LogP contribution in [-0.4, -0.2) is 5.78 Å². The first-order chi connectivity index (χ1) is 10.3. The van der Waals surface area contributed by atoms with E-state index < -0.39 is 0 Å². The zero-order valence-corrected chi connectivity index (χ0v) is 12.2. The van der Waals surface area contributed by atoms with Crippen molar-refractivity contribution in [2.75, 3.05) is 0 Å². The molecule has 0 N–H and O–H groups in total. The SMILES string of the molecule is CCc1ccc(CC(=O)c2ccc3ccccc3c2)cc1. The van der Waals surface area contributed by atoms with Gasteiger partial charge in [0.2, 0.25) is 0 Å². The van der Waals surface area contributed by atoms with E-state index in [1.807, 2.05) is 36.4 Å². The lowest BCUT2D eigenvalue weighted by molar-refractivity contribution is 0.0993. The average Bonchev–Trinajstić information content (AvgIpc) is 2.55. The largest absolute Gasteiger partial charge is 0.294 e. The lowest BCUT2D eigenvalue weighted by Crippen LogP contribution is -2.03. The Balaban J connectivity index is 1.82. The summed E-state index contributed by atoms with van der Waals surface area (Å²) >= 11 is 0. The summed E-state index contributed by atoms with van der Waals surface area (Å²) < 4.78 is 0. The van der Waals surface area contributed by atoms with Crippen molar-refractivity contribution in [2.45, 2.75) is 19.8 Å². The van der Waals surface area contributed by atoms with Gasteiger partial charge in [-0.05, 0) is 34.4 Å². The number of aryl methyl sites for hydroxylation is 1. The predicted molar refractivity (Wildman–Crippen MR) is 87.8 cm³/mol. The van der Waals surface area contributed by atoms with Gasteiger partial charge in [-0.1, -0.05) is 67.6 Å². The van der Waals surface area contributed by atoms with Crippen LogP contribution in [0.1, 0.15) is 28.4 Å². The molecule has 0 bridgehead atoms. The summed E-state index contributed by atoms with van der Waals surface area (Å²) in [5, 5.41) is 2.28. The summed E-state index contributed by atoms with van der Waals surface area (Å²) in [6.45, 7) is 2.13. The highest BCUT2D eigenvalue weighted by Crippen LogP contribution is 2.17. The number of carbonyl (C=O) groups excluding carboxylic acids is 1.